The van der Waals surface area contributed by atoms with E-state index in [0.29, 0.717) is 18.5 Å². The van der Waals surface area contributed by atoms with E-state index >= 15 is 0 Å². The van der Waals surface area contributed by atoms with Crippen LogP contribution >= 0.6 is 23.1 Å². The van der Waals surface area contributed by atoms with Gasteiger partial charge in [0.25, 0.3) is 0 Å². The number of nitrogens with two attached hydrogens (primary N) is 1. The van der Waals surface area contributed by atoms with Crippen LogP contribution in [0.5, 0.6) is 0 Å². The highest BCUT2D eigenvalue weighted by atomic mass is 32.2. The first-order valence-electron chi connectivity index (χ1n) is 6.11. The van der Waals surface area contributed by atoms with Crippen LogP contribution in [-0.4, -0.2) is 35.0 Å². The molecule has 0 saturated carbocycles. The zero-order chi connectivity index (χ0) is 12.4. The Balaban J connectivity index is 2.26. The zero-order valence-electron chi connectivity index (χ0n) is 10.8. The minimum atomic E-state index is 0.472. The Morgan fingerprint density at radius 2 is 2.29 bits per heavy atom. The summed E-state index contributed by atoms with van der Waals surface area (Å²) in [5.74, 6) is 2.87. The molecule has 0 bridgehead atoms. The largest absolute Gasteiger partial charge is 0.326 e. The fourth-order valence-corrected chi connectivity index (χ4v) is 4.66. The zero-order valence-corrected chi connectivity index (χ0v) is 12.4. The molecule has 0 spiro atoms. The molecule has 2 N–H and O–H groups in total. The SMILES string of the molecule is CC(C)c1nc(C2CSCCN2C)sc1CN. The first kappa shape index (κ1) is 13.3. The first-order chi connectivity index (χ1) is 8.13. The lowest BCUT2D eigenvalue weighted by atomic mass is 10.1. The van der Waals surface area contributed by atoms with Crippen molar-refractivity contribution in [2.24, 2.45) is 5.73 Å². The standard InChI is InChI=1S/C12H21N3S2/c1-8(2)11-10(6-13)17-12(14-11)9-7-16-5-4-15(9)3/h8-9H,4-7,13H2,1-3H3. The second-order valence-corrected chi connectivity index (χ2v) is 7.06. The second kappa shape index (κ2) is 5.69. The van der Waals surface area contributed by atoms with Gasteiger partial charge in [0.05, 0.1) is 11.7 Å². The second-order valence-electron chi connectivity index (χ2n) is 4.79. The van der Waals surface area contributed by atoms with Crippen molar-refractivity contribution in [3.8, 4) is 0 Å². The number of nitrogens with zero attached hydrogens (tertiary/aromatic N) is 2. The Kier molecular flexibility index (Phi) is 4.47. The molecule has 1 atom stereocenters. The highest BCUT2D eigenvalue weighted by Gasteiger charge is 2.25. The molecular weight excluding hydrogens is 250 g/mol. The molecule has 1 unspecified atom stereocenters. The third kappa shape index (κ3) is 2.84. The molecule has 3 nitrogen and oxygen atoms in total. The molecule has 1 aliphatic heterocycles. The van der Waals surface area contributed by atoms with E-state index in [2.05, 4.69) is 25.8 Å². The number of rotatable bonds is 3. The molecular formula is C12H21N3S2. The van der Waals surface area contributed by atoms with Crippen molar-refractivity contribution >= 4 is 23.1 Å². The van der Waals surface area contributed by atoms with E-state index in [1.807, 2.05) is 11.8 Å². The highest BCUT2D eigenvalue weighted by Crippen LogP contribution is 2.34. The van der Waals surface area contributed by atoms with Gasteiger partial charge in [0.2, 0.25) is 0 Å². The Hall–Kier alpha value is -0.100. The monoisotopic (exact) mass is 271 g/mol. The van der Waals surface area contributed by atoms with Crippen molar-refractivity contribution in [3.63, 3.8) is 0 Å². The van der Waals surface area contributed by atoms with Gasteiger partial charge in [-0.05, 0) is 13.0 Å². The molecule has 0 aromatic carbocycles. The van der Waals surface area contributed by atoms with Gasteiger partial charge in [0.15, 0.2) is 0 Å². The lowest BCUT2D eigenvalue weighted by molar-refractivity contribution is 0.274. The van der Waals surface area contributed by atoms with E-state index in [-0.39, 0.29) is 0 Å². The normalized spacial score (nSPS) is 22.3. The predicted molar refractivity (Wildman–Crippen MR) is 76.8 cm³/mol. The first-order valence-corrected chi connectivity index (χ1v) is 8.08. The number of hydrogen-bond donors (Lipinski definition) is 1. The van der Waals surface area contributed by atoms with Gasteiger partial charge in [-0.3, -0.25) is 4.90 Å². The molecule has 1 fully saturated rings. The van der Waals surface area contributed by atoms with Gasteiger partial charge < -0.3 is 5.73 Å². The lowest BCUT2D eigenvalue weighted by Gasteiger charge is -2.30. The van der Waals surface area contributed by atoms with Crippen LogP contribution in [0.4, 0.5) is 0 Å². The molecule has 0 aliphatic carbocycles. The van der Waals surface area contributed by atoms with Crippen molar-refractivity contribution in [2.75, 3.05) is 25.1 Å². The van der Waals surface area contributed by atoms with E-state index in [9.17, 15) is 0 Å². The third-order valence-corrected chi connectivity index (χ3v) is 5.37. The Morgan fingerprint density at radius 1 is 1.53 bits per heavy atom. The van der Waals surface area contributed by atoms with Crippen molar-refractivity contribution in [1.82, 2.24) is 9.88 Å². The third-order valence-electron chi connectivity index (χ3n) is 3.16. The van der Waals surface area contributed by atoms with E-state index in [1.54, 1.807) is 11.3 Å². The molecule has 5 heteroatoms. The van der Waals surface area contributed by atoms with Crippen LogP contribution in [0.25, 0.3) is 0 Å². The van der Waals surface area contributed by atoms with E-state index in [4.69, 9.17) is 10.7 Å². The highest BCUT2D eigenvalue weighted by molar-refractivity contribution is 7.99. The number of aromatic nitrogens is 1. The maximum Gasteiger partial charge on any atom is 0.111 e. The molecule has 2 heterocycles. The van der Waals surface area contributed by atoms with Gasteiger partial charge in [0, 0.05) is 29.5 Å². The number of thioether (sulfide) groups is 1. The van der Waals surface area contributed by atoms with Crippen LogP contribution < -0.4 is 5.73 Å². The summed E-state index contributed by atoms with van der Waals surface area (Å²) in [6, 6.07) is 0.483. The van der Waals surface area contributed by atoms with Crippen molar-refractivity contribution in [3.05, 3.63) is 15.6 Å². The fraction of sp³-hybridized carbons (Fsp3) is 0.750. The van der Waals surface area contributed by atoms with Crippen LogP contribution in [0.15, 0.2) is 0 Å². The smallest absolute Gasteiger partial charge is 0.111 e. The van der Waals surface area contributed by atoms with E-state index in [1.165, 1.54) is 21.3 Å². The maximum absolute atomic E-state index is 5.82. The summed E-state index contributed by atoms with van der Waals surface area (Å²) in [5.41, 5.74) is 7.02. The minimum absolute atomic E-state index is 0.472. The molecule has 0 radical (unpaired) electrons. The fourth-order valence-electron chi connectivity index (χ4n) is 2.07. The number of thiazole rings is 1. The Morgan fingerprint density at radius 3 is 2.82 bits per heavy atom. The van der Waals surface area contributed by atoms with Gasteiger partial charge in [-0.1, -0.05) is 13.8 Å². The summed E-state index contributed by atoms with van der Waals surface area (Å²) in [7, 11) is 2.20. The summed E-state index contributed by atoms with van der Waals surface area (Å²) in [6.07, 6.45) is 0. The van der Waals surface area contributed by atoms with Gasteiger partial charge >= 0.3 is 0 Å². The summed E-state index contributed by atoms with van der Waals surface area (Å²) in [5, 5.41) is 1.25. The Labute approximate surface area is 112 Å². The van der Waals surface area contributed by atoms with Crippen LogP contribution in [0.2, 0.25) is 0 Å². The Bertz CT molecular complexity index is 376. The molecule has 96 valence electrons. The summed E-state index contributed by atoms with van der Waals surface area (Å²) < 4.78 is 0. The van der Waals surface area contributed by atoms with Crippen LogP contribution in [0.1, 0.15) is 41.4 Å². The molecule has 1 aromatic heterocycles. The average molecular weight is 271 g/mol. The summed E-state index contributed by atoms with van der Waals surface area (Å²) >= 11 is 3.83. The van der Waals surface area contributed by atoms with E-state index in [0.717, 1.165) is 12.3 Å². The van der Waals surface area contributed by atoms with Gasteiger partial charge in [0.1, 0.15) is 5.01 Å². The van der Waals surface area contributed by atoms with Crippen molar-refractivity contribution in [2.45, 2.75) is 32.4 Å². The molecule has 0 amide bonds. The molecule has 1 saturated heterocycles. The molecule has 2 rings (SSSR count). The topological polar surface area (TPSA) is 42.2 Å². The lowest BCUT2D eigenvalue weighted by Crippen LogP contribution is -2.32. The molecule has 1 aromatic rings. The van der Waals surface area contributed by atoms with Gasteiger partial charge in [-0.25, -0.2) is 4.98 Å². The van der Waals surface area contributed by atoms with Crippen LogP contribution in [0, 0.1) is 0 Å². The quantitative estimate of drug-likeness (QED) is 0.917. The van der Waals surface area contributed by atoms with Crippen LogP contribution in [-0.2, 0) is 6.54 Å². The van der Waals surface area contributed by atoms with Crippen LogP contribution in [0.3, 0.4) is 0 Å². The minimum Gasteiger partial charge on any atom is -0.326 e. The number of hydrogen-bond acceptors (Lipinski definition) is 5. The van der Waals surface area contributed by atoms with Gasteiger partial charge in [-0.15, -0.1) is 11.3 Å². The average Bonchev–Trinajstić information content (AvgIpc) is 2.73. The van der Waals surface area contributed by atoms with Gasteiger partial charge in [-0.2, -0.15) is 11.8 Å². The summed E-state index contributed by atoms with van der Waals surface area (Å²) in [6.45, 7) is 6.16. The van der Waals surface area contributed by atoms with Crippen molar-refractivity contribution in [1.29, 1.82) is 0 Å². The van der Waals surface area contributed by atoms with Crippen molar-refractivity contribution < 1.29 is 0 Å². The van der Waals surface area contributed by atoms with E-state index < -0.39 is 0 Å². The predicted octanol–water partition coefficient (Wildman–Crippen LogP) is 2.44. The molecule has 17 heavy (non-hydrogen) atoms. The maximum atomic E-state index is 5.82. The summed E-state index contributed by atoms with van der Waals surface area (Å²) in [4.78, 5) is 8.52. The molecule has 1 aliphatic rings.